The first-order valence-corrected chi connectivity index (χ1v) is 10.4. The summed E-state index contributed by atoms with van der Waals surface area (Å²) in [6, 6.07) is 6.13. The summed E-state index contributed by atoms with van der Waals surface area (Å²) in [7, 11) is 0. The standard InChI is InChI=1S/C23H26FN5O/c1-16(2)23-26-9-12-29(23)21-15-25-14-20(27-21)18-7-10-28(11-8-18)22(30)13-17-3-5-19(24)6-4-17/h3-6,9,12,14-16,18H,7-8,10-11,13H2,1-2H3. The lowest BCUT2D eigenvalue weighted by atomic mass is 9.93. The molecule has 1 aliphatic heterocycles. The molecule has 0 N–H and O–H groups in total. The predicted octanol–water partition coefficient (Wildman–Crippen LogP) is 3.87. The molecule has 156 valence electrons. The van der Waals surface area contributed by atoms with Crippen LogP contribution in [0.3, 0.4) is 0 Å². The smallest absolute Gasteiger partial charge is 0.226 e. The molecule has 0 saturated carbocycles. The van der Waals surface area contributed by atoms with Gasteiger partial charge in [-0.2, -0.15) is 0 Å². The van der Waals surface area contributed by atoms with Gasteiger partial charge in [-0.3, -0.25) is 14.3 Å². The summed E-state index contributed by atoms with van der Waals surface area (Å²) in [5.41, 5.74) is 1.80. The summed E-state index contributed by atoms with van der Waals surface area (Å²) >= 11 is 0. The van der Waals surface area contributed by atoms with Crippen molar-refractivity contribution in [2.45, 2.75) is 44.9 Å². The van der Waals surface area contributed by atoms with E-state index in [0.717, 1.165) is 35.7 Å². The third-order valence-corrected chi connectivity index (χ3v) is 5.61. The molecule has 0 radical (unpaired) electrons. The largest absolute Gasteiger partial charge is 0.342 e. The van der Waals surface area contributed by atoms with E-state index in [1.807, 2.05) is 21.9 Å². The Morgan fingerprint density at radius 2 is 1.90 bits per heavy atom. The van der Waals surface area contributed by atoms with Gasteiger partial charge >= 0.3 is 0 Å². The van der Waals surface area contributed by atoms with Crippen LogP contribution in [0.15, 0.2) is 49.1 Å². The molecular weight excluding hydrogens is 381 g/mol. The minimum Gasteiger partial charge on any atom is -0.342 e. The third-order valence-electron chi connectivity index (χ3n) is 5.61. The topological polar surface area (TPSA) is 63.9 Å². The van der Waals surface area contributed by atoms with Crippen LogP contribution < -0.4 is 0 Å². The number of aromatic nitrogens is 4. The van der Waals surface area contributed by atoms with Gasteiger partial charge in [-0.25, -0.2) is 14.4 Å². The Hall–Kier alpha value is -3.09. The highest BCUT2D eigenvalue weighted by molar-refractivity contribution is 5.78. The van der Waals surface area contributed by atoms with Crippen LogP contribution in [0.25, 0.3) is 5.82 Å². The number of piperidine rings is 1. The van der Waals surface area contributed by atoms with E-state index >= 15 is 0 Å². The quantitative estimate of drug-likeness (QED) is 0.644. The van der Waals surface area contributed by atoms with Crippen LogP contribution in [-0.2, 0) is 11.2 Å². The molecule has 1 aromatic carbocycles. The number of rotatable bonds is 5. The molecule has 1 fully saturated rings. The van der Waals surface area contributed by atoms with Gasteiger partial charge in [0.25, 0.3) is 0 Å². The molecule has 0 aliphatic carbocycles. The summed E-state index contributed by atoms with van der Waals surface area (Å²) in [5.74, 6) is 2.11. The van der Waals surface area contributed by atoms with Crippen molar-refractivity contribution in [3.05, 3.63) is 72.0 Å². The van der Waals surface area contributed by atoms with Crippen LogP contribution in [0, 0.1) is 5.82 Å². The number of halogens is 1. The lowest BCUT2D eigenvalue weighted by Gasteiger charge is -2.32. The van der Waals surface area contributed by atoms with Gasteiger partial charge in [0.1, 0.15) is 11.6 Å². The summed E-state index contributed by atoms with van der Waals surface area (Å²) in [6.45, 7) is 5.60. The maximum absolute atomic E-state index is 13.1. The summed E-state index contributed by atoms with van der Waals surface area (Å²) in [5, 5.41) is 0. The van der Waals surface area contributed by atoms with Crippen molar-refractivity contribution >= 4 is 5.91 Å². The van der Waals surface area contributed by atoms with Crippen LogP contribution in [0.2, 0.25) is 0 Å². The monoisotopic (exact) mass is 407 g/mol. The Morgan fingerprint density at radius 3 is 2.60 bits per heavy atom. The molecule has 3 heterocycles. The molecule has 6 nitrogen and oxygen atoms in total. The first-order chi connectivity index (χ1) is 14.5. The fraction of sp³-hybridized carbons (Fsp3) is 0.391. The van der Waals surface area contributed by atoms with E-state index in [-0.39, 0.29) is 17.6 Å². The van der Waals surface area contributed by atoms with Gasteiger partial charge < -0.3 is 4.90 Å². The van der Waals surface area contributed by atoms with Crippen molar-refractivity contribution in [1.29, 1.82) is 0 Å². The van der Waals surface area contributed by atoms with Crippen molar-refractivity contribution in [2.24, 2.45) is 0 Å². The summed E-state index contributed by atoms with van der Waals surface area (Å²) in [6.07, 6.45) is 9.31. The Labute approximate surface area is 175 Å². The van der Waals surface area contributed by atoms with Crippen molar-refractivity contribution in [1.82, 2.24) is 24.4 Å². The van der Waals surface area contributed by atoms with Gasteiger partial charge in [0, 0.05) is 43.5 Å². The molecular formula is C23H26FN5O. The predicted molar refractivity (Wildman–Crippen MR) is 112 cm³/mol. The number of amides is 1. The molecule has 3 aromatic rings. The van der Waals surface area contributed by atoms with Crippen molar-refractivity contribution in [3.63, 3.8) is 0 Å². The molecule has 0 unspecified atom stereocenters. The maximum Gasteiger partial charge on any atom is 0.226 e. The van der Waals surface area contributed by atoms with E-state index in [2.05, 4.69) is 23.8 Å². The SMILES string of the molecule is CC(C)c1nccn1-c1cncc(C2CCN(C(=O)Cc3ccc(F)cc3)CC2)n1. The highest BCUT2D eigenvalue weighted by atomic mass is 19.1. The second-order valence-corrected chi connectivity index (χ2v) is 8.07. The van der Waals surface area contributed by atoms with Crippen molar-refractivity contribution in [3.8, 4) is 5.82 Å². The molecule has 7 heteroatoms. The number of hydrogen-bond donors (Lipinski definition) is 0. The lowest BCUT2D eigenvalue weighted by Crippen LogP contribution is -2.39. The summed E-state index contributed by atoms with van der Waals surface area (Å²) < 4.78 is 15.0. The first-order valence-electron chi connectivity index (χ1n) is 10.4. The third kappa shape index (κ3) is 4.40. The Morgan fingerprint density at radius 1 is 1.17 bits per heavy atom. The zero-order valence-corrected chi connectivity index (χ0v) is 17.3. The molecule has 4 rings (SSSR count). The lowest BCUT2D eigenvalue weighted by molar-refractivity contribution is -0.131. The zero-order valence-electron chi connectivity index (χ0n) is 17.3. The van der Waals surface area contributed by atoms with Crippen LogP contribution in [0.4, 0.5) is 4.39 Å². The van der Waals surface area contributed by atoms with E-state index < -0.39 is 0 Å². The van der Waals surface area contributed by atoms with Crippen LogP contribution >= 0.6 is 0 Å². The second-order valence-electron chi connectivity index (χ2n) is 8.07. The van der Waals surface area contributed by atoms with Gasteiger partial charge in [0.05, 0.1) is 18.3 Å². The van der Waals surface area contributed by atoms with Gasteiger partial charge in [-0.05, 0) is 30.5 Å². The molecule has 0 spiro atoms. The van der Waals surface area contributed by atoms with Crippen LogP contribution in [-0.4, -0.2) is 43.4 Å². The minimum atomic E-state index is -0.286. The average molecular weight is 407 g/mol. The highest BCUT2D eigenvalue weighted by Crippen LogP contribution is 2.27. The van der Waals surface area contributed by atoms with Crippen molar-refractivity contribution in [2.75, 3.05) is 13.1 Å². The molecule has 0 bridgehead atoms. The fourth-order valence-corrected chi connectivity index (χ4v) is 3.93. The number of carbonyl (C=O) groups is 1. The molecule has 1 aliphatic rings. The Balaban J connectivity index is 1.40. The van der Waals surface area contributed by atoms with E-state index in [0.29, 0.717) is 25.4 Å². The van der Waals surface area contributed by atoms with Gasteiger partial charge in [-0.1, -0.05) is 26.0 Å². The van der Waals surface area contributed by atoms with Gasteiger partial charge in [0.2, 0.25) is 5.91 Å². The maximum atomic E-state index is 13.1. The molecule has 30 heavy (non-hydrogen) atoms. The molecule has 2 aromatic heterocycles. The number of benzene rings is 1. The highest BCUT2D eigenvalue weighted by Gasteiger charge is 2.25. The normalized spacial score (nSPS) is 15.0. The fourth-order valence-electron chi connectivity index (χ4n) is 3.93. The van der Waals surface area contributed by atoms with E-state index in [1.54, 1.807) is 24.5 Å². The number of likely N-dealkylation sites (tertiary alicyclic amines) is 1. The average Bonchev–Trinajstić information content (AvgIpc) is 3.26. The summed E-state index contributed by atoms with van der Waals surface area (Å²) in [4.78, 5) is 28.2. The van der Waals surface area contributed by atoms with Gasteiger partial charge in [-0.15, -0.1) is 0 Å². The number of hydrogen-bond acceptors (Lipinski definition) is 4. The van der Waals surface area contributed by atoms with Crippen molar-refractivity contribution < 1.29 is 9.18 Å². The molecule has 1 saturated heterocycles. The molecule has 0 atom stereocenters. The number of nitrogens with zero attached hydrogens (tertiary/aromatic N) is 5. The van der Waals surface area contributed by atoms with Crippen LogP contribution in [0.1, 0.15) is 55.6 Å². The van der Waals surface area contributed by atoms with Gasteiger partial charge in [0.15, 0.2) is 5.82 Å². The van der Waals surface area contributed by atoms with Crippen LogP contribution in [0.5, 0.6) is 0 Å². The molecule has 1 amide bonds. The Kier molecular flexibility index (Phi) is 5.88. The minimum absolute atomic E-state index is 0.0832. The first kappa shape index (κ1) is 20.2. The second kappa shape index (κ2) is 8.73. The zero-order chi connectivity index (χ0) is 21.1. The Bertz CT molecular complexity index is 1010. The van der Waals surface area contributed by atoms with E-state index in [9.17, 15) is 9.18 Å². The van der Waals surface area contributed by atoms with E-state index in [1.165, 1.54) is 12.1 Å². The number of imidazole rings is 1. The number of carbonyl (C=O) groups excluding carboxylic acids is 1. The van der Waals surface area contributed by atoms with E-state index in [4.69, 9.17) is 4.98 Å².